The first-order chi connectivity index (χ1) is 16.3. The number of aromatic nitrogens is 6. The van der Waals surface area contributed by atoms with E-state index in [0.29, 0.717) is 33.7 Å². The van der Waals surface area contributed by atoms with Crippen LogP contribution in [0.5, 0.6) is 0 Å². The summed E-state index contributed by atoms with van der Waals surface area (Å²) in [6.07, 6.45) is 4.35. The Hall–Kier alpha value is -4.34. The van der Waals surface area contributed by atoms with Crippen LogP contribution >= 0.6 is 0 Å². The van der Waals surface area contributed by atoms with E-state index in [1.807, 2.05) is 33.8 Å². The fraction of sp³-hybridized carbons (Fsp3) is 0.208. The van der Waals surface area contributed by atoms with E-state index in [4.69, 9.17) is 9.40 Å². The minimum atomic E-state index is -0.541. The average Bonchev–Trinajstić information content (AvgIpc) is 3.53. The molecule has 1 aromatic carbocycles. The van der Waals surface area contributed by atoms with Gasteiger partial charge in [0.15, 0.2) is 11.5 Å². The fourth-order valence-corrected chi connectivity index (χ4v) is 3.91. The molecule has 0 unspecified atom stereocenters. The van der Waals surface area contributed by atoms with E-state index in [-0.39, 0.29) is 11.7 Å². The zero-order chi connectivity index (χ0) is 24.0. The maximum Gasteiger partial charge on any atom is 0.256 e. The van der Waals surface area contributed by atoms with Crippen LogP contribution in [-0.2, 0) is 0 Å². The predicted molar refractivity (Wildman–Crippen MR) is 124 cm³/mol. The molecule has 0 aliphatic rings. The van der Waals surface area contributed by atoms with Gasteiger partial charge in [-0.15, -0.1) is 0 Å². The number of furan rings is 1. The van der Waals surface area contributed by atoms with Crippen molar-refractivity contribution in [3.05, 3.63) is 72.1 Å². The molecular formula is C24H22FN7O2. The van der Waals surface area contributed by atoms with E-state index in [1.165, 1.54) is 29.5 Å². The third kappa shape index (κ3) is 3.72. The van der Waals surface area contributed by atoms with Gasteiger partial charge in [-0.25, -0.2) is 23.7 Å². The Morgan fingerprint density at radius 1 is 1.15 bits per heavy atom. The molecule has 4 heterocycles. The van der Waals surface area contributed by atoms with Crippen LogP contribution in [0.25, 0.3) is 28.0 Å². The summed E-state index contributed by atoms with van der Waals surface area (Å²) in [7, 11) is 0. The second-order valence-corrected chi connectivity index (χ2v) is 8.26. The molecule has 0 saturated carbocycles. The summed E-state index contributed by atoms with van der Waals surface area (Å²) < 4.78 is 23.4. The molecule has 4 aromatic heterocycles. The van der Waals surface area contributed by atoms with Crippen molar-refractivity contribution in [2.75, 3.05) is 5.32 Å². The lowest BCUT2D eigenvalue weighted by molar-refractivity contribution is 0.102. The molecule has 5 aromatic rings. The lowest BCUT2D eigenvalue weighted by atomic mass is 10.1. The molecule has 0 aliphatic carbocycles. The van der Waals surface area contributed by atoms with Gasteiger partial charge in [-0.05, 0) is 58.0 Å². The van der Waals surface area contributed by atoms with Gasteiger partial charge in [0.2, 0.25) is 0 Å². The number of halogens is 1. The molecule has 5 rings (SSSR count). The molecular weight excluding hydrogens is 437 g/mol. The van der Waals surface area contributed by atoms with Crippen LogP contribution in [-0.4, -0.2) is 35.4 Å². The molecule has 0 atom stereocenters. The Balaban J connectivity index is 1.56. The molecule has 0 saturated heterocycles. The molecule has 9 nitrogen and oxygen atoms in total. The summed E-state index contributed by atoms with van der Waals surface area (Å²) in [6.45, 7) is 7.70. The van der Waals surface area contributed by atoms with Gasteiger partial charge < -0.3 is 9.73 Å². The molecule has 0 bridgehead atoms. The van der Waals surface area contributed by atoms with E-state index in [0.717, 1.165) is 11.3 Å². The molecule has 34 heavy (non-hydrogen) atoms. The van der Waals surface area contributed by atoms with Crippen molar-refractivity contribution in [1.29, 1.82) is 0 Å². The Kier molecular flexibility index (Phi) is 5.20. The van der Waals surface area contributed by atoms with Gasteiger partial charge in [0.1, 0.15) is 29.9 Å². The zero-order valence-corrected chi connectivity index (χ0v) is 19.1. The van der Waals surface area contributed by atoms with Crippen LogP contribution in [0.2, 0.25) is 0 Å². The topological polar surface area (TPSA) is 104 Å². The normalized spacial score (nSPS) is 11.5. The van der Waals surface area contributed by atoms with Crippen molar-refractivity contribution in [2.24, 2.45) is 0 Å². The standard InChI is InChI=1S/C24H22FN7O2/c1-13(2)32-23-19(10-27-32)18(9-21(30-23)17-7-14(3)34-15(17)4)24(33)29-16-5-6-22(20(25)8-16)31-12-26-11-28-31/h5-13H,1-4H3,(H,29,33). The van der Waals surface area contributed by atoms with Gasteiger partial charge in [0.05, 0.1) is 22.8 Å². The summed E-state index contributed by atoms with van der Waals surface area (Å²) >= 11 is 0. The summed E-state index contributed by atoms with van der Waals surface area (Å²) in [5.41, 5.74) is 2.90. The maximum absolute atomic E-state index is 14.7. The van der Waals surface area contributed by atoms with Gasteiger partial charge in [-0.2, -0.15) is 10.2 Å². The second kappa shape index (κ2) is 8.22. The van der Waals surface area contributed by atoms with Crippen LogP contribution in [0.3, 0.4) is 0 Å². The Labute approximate surface area is 194 Å². The van der Waals surface area contributed by atoms with Gasteiger partial charge in [0.25, 0.3) is 5.91 Å². The average molecular weight is 459 g/mol. The lowest BCUT2D eigenvalue weighted by Crippen LogP contribution is -2.14. The molecule has 0 aliphatic heterocycles. The number of benzene rings is 1. The molecule has 10 heteroatoms. The number of fused-ring (bicyclic) bond motifs is 1. The molecule has 172 valence electrons. The number of carbonyl (C=O) groups excluding carboxylic acids is 1. The predicted octanol–water partition coefficient (Wildman–Crippen LogP) is 4.86. The lowest BCUT2D eigenvalue weighted by Gasteiger charge is -2.11. The SMILES string of the molecule is Cc1cc(-c2cc(C(=O)Nc3ccc(-n4cncn4)c(F)c3)c3cnn(C(C)C)c3n2)c(C)o1. The van der Waals surface area contributed by atoms with Gasteiger partial charge in [-0.3, -0.25) is 4.79 Å². The molecule has 0 spiro atoms. The number of nitrogens with zero attached hydrogens (tertiary/aromatic N) is 6. The van der Waals surface area contributed by atoms with Gasteiger partial charge in [-0.1, -0.05) is 0 Å². The highest BCUT2D eigenvalue weighted by atomic mass is 19.1. The first-order valence-corrected chi connectivity index (χ1v) is 10.7. The van der Waals surface area contributed by atoms with Crippen LogP contribution in [0.4, 0.5) is 10.1 Å². The fourth-order valence-electron chi connectivity index (χ4n) is 3.91. The highest BCUT2D eigenvalue weighted by Gasteiger charge is 2.21. The Bertz CT molecular complexity index is 1520. The summed E-state index contributed by atoms with van der Waals surface area (Å²) in [5, 5.41) is 11.8. The zero-order valence-electron chi connectivity index (χ0n) is 19.1. The van der Waals surface area contributed by atoms with Crippen LogP contribution in [0.1, 0.15) is 41.8 Å². The van der Waals surface area contributed by atoms with Crippen LogP contribution in [0.15, 0.2) is 53.6 Å². The van der Waals surface area contributed by atoms with Gasteiger partial charge >= 0.3 is 0 Å². The Morgan fingerprint density at radius 2 is 1.97 bits per heavy atom. The van der Waals surface area contributed by atoms with Crippen molar-refractivity contribution in [2.45, 2.75) is 33.7 Å². The van der Waals surface area contributed by atoms with E-state index < -0.39 is 11.7 Å². The summed E-state index contributed by atoms with van der Waals surface area (Å²) in [4.78, 5) is 22.0. The molecule has 0 radical (unpaired) electrons. The second-order valence-electron chi connectivity index (χ2n) is 8.26. The number of amides is 1. The van der Waals surface area contributed by atoms with E-state index in [2.05, 4.69) is 20.5 Å². The number of pyridine rings is 1. The number of carbonyl (C=O) groups is 1. The van der Waals surface area contributed by atoms with Crippen molar-refractivity contribution in [3.63, 3.8) is 0 Å². The summed E-state index contributed by atoms with van der Waals surface area (Å²) in [6, 6.07) is 8.03. The third-order valence-corrected chi connectivity index (χ3v) is 5.49. The Morgan fingerprint density at radius 3 is 2.62 bits per heavy atom. The third-order valence-electron chi connectivity index (χ3n) is 5.49. The smallest absolute Gasteiger partial charge is 0.256 e. The highest BCUT2D eigenvalue weighted by molar-refractivity contribution is 6.12. The maximum atomic E-state index is 14.7. The highest BCUT2D eigenvalue weighted by Crippen LogP contribution is 2.30. The van der Waals surface area contributed by atoms with Gasteiger partial charge in [0, 0.05) is 17.3 Å². The molecule has 1 N–H and O–H groups in total. The molecule has 0 fully saturated rings. The largest absolute Gasteiger partial charge is 0.466 e. The van der Waals surface area contributed by atoms with E-state index >= 15 is 0 Å². The van der Waals surface area contributed by atoms with E-state index in [1.54, 1.807) is 23.0 Å². The molecule has 1 amide bonds. The van der Waals surface area contributed by atoms with Crippen LogP contribution in [0, 0.1) is 19.7 Å². The summed E-state index contributed by atoms with van der Waals surface area (Å²) in [5.74, 6) is 0.515. The number of rotatable bonds is 5. The monoisotopic (exact) mass is 459 g/mol. The minimum Gasteiger partial charge on any atom is -0.466 e. The number of hydrogen-bond acceptors (Lipinski definition) is 6. The van der Waals surface area contributed by atoms with Crippen molar-refractivity contribution < 1.29 is 13.6 Å². The number of nitrogens with one attached hydrogen (secondary N) is 1. The number of anilines is 1. The number of aryl methyl sites for hydroxylation is 2. The number of hydrogen-bond donors (Lipinski definition) is 1. The quantitative estimate of drug-likeness (QED) is 0.403. The van der Waals surface area contributed by atoms with Crippen molar-refractivity contribution in [3.8, 4) is 16.9 Å². The van der Waals surface area contributed by atoms with Crippen molar-refractivity contribution in [1.82, 2.24) is 29.5 Å². The van der Waals surface area contributed by atoms with Crippen LogP contribution < -0.4 is 5.32 Å². The first-order valence-electron chi connectivity index (χ1n) is 10.7. The van der Waals surface area contributed by atoms with E-state index in [9.17, 15) is 9.18 Å². The first kappa shape index (κ1) is 21.5. The minimum absolute atomic E-state index is 0.0433. The van der Waals surface area contributed by atoms with Crippen molar-refractivity contribution >= 4 is 22.6 Å².